The Morgan fingerprint density at radius 3 is 2.56 bits per heavy atom. The molecular formula is C17H27N. The molecule has 1 aliphatic carbocycles. The zero-order valence-electron chi connectivity index (χ0n) is 11.9. The Kier molecular flexibility index (Phi) is 5.25. The first-order valence-corrected chi connectivity index (χ1v) is 7.59. The molecule has 0 aliphatic heterocycles. The Balaban J connectivity index is 2.03. The normalized spacial score (nSPS) is 18.8. The molecule has 1 heteroatoms. The first-order valence-electron chi connectivity index (χ1n) is 7.59. The predicted octanol–water partition coefficient (Wildman–Crippen LogP) is 4.10. The molecule has 0 aromatic heterocycles. The SMILES string of the molecule is CCNC(Cc1ccccc1C)C1CCCCC1. The molecule has 0 radical (unpaired) electrons. The van der Waals surface area contributed by atoms with Crippen LogP contribution in [0.3, 0.4) is 0 Å². The van der Waals surface area contributed by atoms with Crippen LogP contribution >= 0.6 is 0 Å². The van der Waals surface area contributed by atoms with Gasteiger partial charge in [0.25, 0.3) is 0 Å². The Labute approximate surface area is 112 Å². The predicted molar refractivity (Wildman–Crippen MR) is 78.9 cm³/mol. The van der Waals surface area contributed by atoms with Gasteiger partial charge in [0, 0.05) is 6.04 Å². The molecule has 1 atom stereocenters. The molecule has 18 heavy (non-hydrogen) atoms. The van der Waals surface area contributed by atoms with Crippen molar-refractivity contribution < 1.29 is 0 Å². The number of rotatable bonds is 5. The molecule has 1 aliphatic rings. The van der Waals surface area contributed by atoms with Crippen molar-refractivity contribution in [3.05, 3.63) is 35.4 Å². The summed E-state index contributed by atoms with van der Waals surface area (Å²) in [6.07, 6.45) is 8.35. The third kappa shape index (κ3) is 3.58. The lowest BCUT2D eigenvalue weighted by Gasteiger charge is -2.31. The lowest BCUT2D eigenvalue weighted by atomic mass is 9.81. The van der Waals surface area contributed by atoms with Crippen molar-refractivity contribution >= 4 is 0 Å². The maximum Gasteiger partial charge on any atom is 0.0136 e. The summed E-state index contributed by atoms with van der Waals surface area (Å²) < 4.78 is 0. The van der Waals surface area contributed by atoms with Gasteiger partial charge >= 0.3 is 0 Å². The monoisotopic (exact) mass is 245 g/mol. The average Bonchev–Trinajstić information content (AvgIpc) is 2.42. The Morgan fingerprint density at radius 1 is 1.17 bits per heavy atom. The molecule has 0 amide bonds. The van der Waals surface area contributed by atoms with E-state index in [-0.39, 0.29) is 0 Å². The number of aryl methyl sites for hydroxylation is 1. The van der Waals surface area contributed by atoms with Crippen molar-refractivity contribution in [2.45, 2.75) is 58.4 Å². The highest BCUT2D eigenvalue weighted by molar-refractivity contribution is 5.26. The van der Waals surface area contributed by atoms with Gasteiger partial charge in [0.1, 0.15) is 0 Å². The van der Waals surface area contributed by atoms with Gasteiger partial charge in [-0.3, -0.25) is 0 Å². The maximum atomic E-state index is 3.73. The van der Waals surface area contributed by atoms with E-state index in [9.17, 15) is 0 Å². The van der Waals surface area contributed by atoms with Crippen LogP contribution in [-0.4, -0.2) is 12.6 Å². The van der Waals surface area contributed by atoms with Gasteiger partial charge in [-0.1, -0.05) is 50.5 Å². The summed E-state index contributed by atoms with van der Waals surface area (Å²) >= 11 is 0. The standard InChI is InChI=1S/C17H27N/c1-3-18-17(15-10-5-4-6-11-15)13-16-12-8-7-9-14(16)2/h7-9,12,15,17-18H,3-6,10-11,13H2,1-2H3. The molecule has 1 aromatic carbocycles. The average molecular weight is 245 g/mol. The van der Waals surface area contributed by atoms with Crippen LogP contribution < -0.4 is 5.32 Å². The summed E-state index contributed by atoms with van der Waals surface area (Å²) in [5.41, 5.74) is 2.96. The third-order valence-electron chi connectivity index (χ3n) is 4.39. The van der Waals surface area contributed by atoms with E-state index in [1.165, 1.54) is 49.7 Å². The minimum Gasteiger partial charge on any atom is -0.314 e. The molecule has 0 heterocycles. The summed E-state index contributed by atoms with van der Waals surface area (Å²) in [4.78, 5) is 0. The van der Waals surface area contributed by atoms with Gasteiger partial charge in [0.05, 0.1) is 0 Å². The summed E-state index contributed by atoms with van der Waals surface area (Å²) in [6.45, 7) is 5.56. The van der Waals surface area contributed by atoms with Crippen LogP contribution in [0.5, 0.6) is 0 Å². The number of benzene rings is 1. The van der Waals surface area contributed by atoms with Crippen molar-refractivity contribution in [3.8, 4) is 0 Å². The van der Waals surface area contributed by atoms with Crippen LogP contribution in [0, 0.1) is 12.8 Å². The van der Waals surface area contributed by atoms with Gasteiger partial charge in [-0.2, -0.15) is 0 Å². The van der Waals surface area contributed by atoms with Crippen LogP contribution in [0.15, 0.2) is 24.3 Å². The number of hydrogen-bond acceptors (Lipinski definition) is 1. The van der Waals surface area contributed by atoms with Gasteiger partial charge < -0.3 is 5.32 Å². The second-order valence-corrected chi connectivity index (χ2v) is 5.69. The van der Waals surface area contributed by atoms with Crippen LogP contribution in [0.4, 0.5) is 0 Å². The van der Waals surface area contributed by atoms with Crippen LogP contribution in [0.2, 0.25) is 0 Å². The van der Waals surface area contributed by atoms with Crippen molar-refractivity contribution in [2.24, 2.45) is 5.92 Å². The molecule has 2 rings (SSSR count). The smallest absolute Gasteiger partial charge is 0.0136 e. The minimum atomic E-state index is 0.677. The Morgan fingerprint density at radius 2 is 1.89 bits per heavy atom. The fourth-order valence-corrected chi connectivity index (χ4v) is 3.28. The van der Waals surface area contributed by atoms with E-state index >= 15 is 0 Å². The molecule has 0 saturated heterocycles. The van der Waals surface area contributed by atoms with E-state index in [4.69, 9.17) is 0 Å². The zero-order chi connectivity index (χ0) is 12.8. The lowest BCUT2D eigenvalue weighted by Crippen LogP contribution is -2.39. The highest BCUT2D eigenvalue weighted by Crippen LogP contribution is 2.28. The van der Waals surface area contributed by atoms with Crippen molar-refractivity contribution in [2.75, 3.05) is 6.54 Å². The summed E-state index contributed by atoms with van der Waals surface area (Å²) in [5.74, 6) is 0.887. The topological polar surface area (TPSA) is 12.0 Å². The molecule has 1 fully saturated rings. The zero-order valence-corrected chi connectivity index (χ0v) is 11.9. The van der Waals surface area contributed by atoms with E-state index < -0.39 is 0 Å². The van der Waals surface area contributed by atoms with Crippen LogP contribution in [0.1, 0.15) is 50.2 Å². The molecule has 0 bridgehead atoms. The van der Waals surface area contributed by atoms with Crippen molar-refractivity contribution in [1.82, 2.24) is 5.32 Å². The van der Waals surface area contributed by atoms with Crippen molar-refractivity contribution in [1.29, 1.82) is 0 Å². The number of hydrogen-bond donors (Lipinski definition) is 1. The highest BCUT2D eigenvalue weighted by Gasteiger charge is 2.23. The van der Waals surface area contributed by atoms with E-state index in [1.807, 2.05) is 0 Å². The van der Waals surface area contributed by atoms with Crippen LogP contribution in [0.25, 0.3) is 0 Å². The largest absolute Gasteiger partial charge is 0.314 e. The van der Waals surface area contributed by atoms with E-state index in [2.05, 4.69) is 43.4 Å². The molecule has 1 saturated carbocycles. The number of likely N-dealkylation sites (N-methyl/N-ethyl adjacent to an activating group) is 1. The fourth-order valence-electron chi connectivity index (χ4n) is 3.28. The molecule has 100 valence electrons. The first-order chi connectivity index (χ1) is 8.81. The summed E-state index contributed by atoms with van der Waals surface area (Å²) in [5, 5.41) is 3.73. The molecule has 0 spiro atoms. The van der Waals surface area contributed by atoms with Gasteiger partial charge in [-0.15, -0.1) is 0 Å². The second-order valence-electron chi connectivity index (χ2n) is 5.69. The molecule has 1 aromatic rings. The van der Waals surface area contributed by atoms with Crippen LogP contribution in [-0.2, 0) is 6.42 Å². The minimum absolute atomic E-state index is 0.677. The summed E-state index contributed by atoms with van der Waals surface area (Å²) in [7, 11) is 0. The van der Waals surface area contributed by atoms with E-state index in [0.29, 0.717) is 6.04 Å². The fraction of sp³-hybridized carbons (Fsp3) is 0.647. The molecule has 1 nitrogen and oxygen atoms in total. The molecule has 1 unspecified atom stereocenters. The maximum absolute atomic E-state index is 3.73. The van der Waals surface area contributed by atoms with Gasteiger partial charge in [-0.25, -0.2) is 0 Å². The third-order valence-corrected chi connectivity index (χ3v) is 4.39. The van der Waals surface area contributed by atoms with E-state index in [0.717, 1.165) is 12.5 Å². The Hall–Kier alpha value is -0.820. The molecule has 1 N–H and O–H groups in total. The quantitative estimate of drug-likeness (QED) is 0.823. The highest BCUT2D eigenvalue weighted by atomic mass is 14.9. The number of nitrogens with one attached hydrogen (secondary N) is 1. The van der Waals surface area contributed by atoms with Crippen molar-refractivity contribution in [3.63, 3.8) is 0 Å². The summed E-state index contributed by atoms with van der Waals surface area (Å²) in [6, 6.07) is 9.52. The van der Waals surface area contributed by atoms with Gasteiger partial charge in [-0.05, 0) is 49.8 Å². The van der Waals surface area contributed by atoms with Gasteiger partial charge in [0.2, 0.25) is 0 Å². The molecular weight excluding hydrogens is 218 g/mol. The van der Waals surface area contributed by atoms with E-state index in [1.54, 1.807) is 0 Å². The first kappa shape index (κ1) is 13.6. The van der Waals surface area contributed by atoms with Gasteiger partial charge in [0.15, 0.2) is 0 Å². The Bertz CT molecular complexity index is 352. The lowest BCUT2D eigenvalue weighted by molar-refractivity contribution is 0.269. The second kappa shape index (κ2) is 6.94.